The lowest BCUT2D eigenvalue weighted by Crippen LogP contribution is -2.37. The first-order valence-electron chi connectivity index (χ1n) is 7.62. The number of hydrogen-bond acceptors (Lipinski definition) is 3. The molecule has 1 fully saturated rings. The van der Waals surface area contributed by atoms with E-state index in [9.17, 15) is 0 Å². The van der Waals surface area contributed by atoms with E-state index in [2.05, 4.69) is 42.0 Å². The average Bonchev–Trinajstić information content (AvgIpc) is 2.41. The fourth-order valence-corrected chi connectivity index (χ4v) is 2.69. The first-order valence-corrected chi connectivity index (χ1v) is 8.00. The van der Waals surface area contributed by atoms with E-state index in [4.69, 9.17) is 11.6 Å². The number of nitrogens with zero attached hydrogens (tertiary/aromatic N) is 2. The van der Waals surface area contributed by atoms with Gasteiger partial charge in [-0.1, -0.05) is 32.4 Å². The van der Waals surface area contributed by atoms with Crippen LogP contribution in [0.15, 0.2) is 12.3 Å². The monoisotopic (exact) mass is 295 g/mol. The highest BCUT2D eigenvalue weighted by molar-refractivity contribution is 6.31. The Labute approximate surface area is 127 Å². The summed E-state index contributed by atoms with van der Waals surface area (Å²) in [5, 5.41) is 4.16. The molecule has 4 heteroatoms. The SMILES string of the molecule is CCCNCc1cc(N2CCC(C)(C)CC2)ncc1Cl. The van der Waals surface area contributed by atoms with E-state index in [1.807, 2.05) is 0 Å². The maximum atomic E-state index is 6.24. The number of piperidine rings is 1. The molecule has 1 aliphatic rings. The maximum absolute atomic E-state index is 6.24. The number of nitrogens with one attached hydrogen (secondary N) is 1. The molecule has 1 aromatic heterocycles. The Kier molecular flexibility index (Phi) is 5.28. The van der Waals surface area contributed by atoms with E-state index in [1.54, 1.807) is 6.20 Å². The van der Waals surface area contributed by atoms with Crippen molar-refractivity contribution in [2.45, 2.75) is 46.6 Å². The Morgan fingerprint density at radius 3 is 2.70 bits per heavy atom. The summed E-state index contributed by atoms with van der Waals surface area (Å²) < 4.78 is 0. The van der Waals surface area contributed by atoms with Gasteiger partial charge in [-0.2, -0.15) is 0 Å². The van der Waals surface area contributed by atoms with Crippen molar-refractivity contribution in [1.29, 1.82) is 0 Å². The van der Waals surface area contributed by atoms with Crippen LogP contribution < -0.4 is 10.2 Å². The van der Waals surface area contributed by atoms with Crippen LogP contribution in [0.25, 0.3) is 0 Å². The van der Waals surface area contributed by atoms with Gasteiger partial charge in [-0.25, -0.2) is 4.98 Å². The van der Waals surface area contributed by atoms with Gasteiger partial charge in [-0.15, -0.1) is 0 Å². The van der Waals surface area contributed by atoms with Crippen molar-refractivity contribution in [2.24, 2.45) is 5.41 Å². The van der Waals surface area contributed by atoms with Crippen LogP contribution >= 0.6 is 11.6 Å². The van der Waals surface area contributed by atoms with Crippen molar-refractivity contribution in [3.8, 4) is 0 Å². The van der Waals surface area contributed by atoms with Crippen molar-refractivity contribution in [3.63, 3.8) is 0 Å². The summed E-state index contributed by atoms with van der Waals surface area (Å²) >= 11 is 6.24. The number of aromatic nitrogens is 1. The zero-order valence-electron chi connectivity index (χ0n) is 12.9. The van der Waals surface area contributed by atoms with Crippen LogP contribution in [0.5, 0.6) is 0 Å². The molecule has 3 nitrogen and oxygen atoms in total. The second kappa shape index (κ2) is 6.77. The van der Waals surface area contributed by atoms with Crippen molar-refractivity contribution in [3.05, 3.63) is 22.8 Å². The number of anilines is 1. The predicted octanol–water partition coefficient (Wildman–Crippen LogP) is 3.86. The molecule has 2 heterocycles. The van der Waals surface area contributed by atoms with Gasteiger partial charge in [0, 0.05) is 25.8 Å². The van der Waals surface area contributed by atoms with Crippen molar-refractivity contribution >= 4 is 17.4 Å². The predicted molar refractivity (Wildman–Crippen MR) is 86.5 cm³/mol. The van der Waals surface area contributed by atoms with Crippen LogP contribution in [0, 0.1) is 5.41 Å². The molecule has 112 valence electrons. The molecule has 1 aliphatic heterocycles. The summed E-state index contributed by atoms with van der Waals surface area (Å²) in [5.74, 6) is 1.07. The van der Waals surface area contributed by atoms with Crippen LogP contribution in [-0.4, -0.2) is 24.6 Å². The highest BCUT2D eigenvalue weighted by atomic mass is 35.5. The van der Waals surface area contributed by atoms with Crippen LogP contribution in [0.3, 0.4) is 0 Å². The fraction of sp³-hybridized carbons (Fsp3) is 0.688. The van der Waals surface area contributed by atoms with Gasteiger partial charge in [0.15, 0.2) is 0 Å². The first-order chi connectivity index (χ1) is 9.52. The first kappa shape index (κ1) is 15.6. The maximum Gasteiger partial charge on any atom is 0.128 e. The van der Waals surface area contributed by atoms with E-state index >= 15 is 0 Å². The molecule has 1 aromatic rings. The van der Waals surface area contributed by atoms with E-state index in [0.29, 0.717) is 5.41 Å². The molecule has 0 aliphatic carbocycles. The van der Waals surface area contributed by atoms with Crippen LogP contribution in [0.4, 0.5) is 5.82 Å². The lowest BCUT2D eigenvalue weighted by molar-refractivity contribution is 0.279. The Balaban J connectivity index is 2.03. The van der Waals surface area contributed by atoms with Crippen LogP contribution in [0.2, 0.25) is 5.02 Å². The number of halogens is 1. The van der Waals surface area contributed by atoms with Crippen molar-refractivity contribution < 1.29 is 0 Å². The van der Waals surface area contributed by atoms with E-state index in [-0.39, 0.29) is 0 Å². The summed E-state index contributed by atoms with van der Waals surface area (Å²) in [6, 6.07) is 2.14. The molecular weight excluding hydrogens is 270 g/mol. The molecule has 0 radical (unpaired) electrons. The molecule has 0 bridgehead atoms. The van der Waals surface area contributed by atoms with Crippen molar-refractivity contribution in [1.82, 2.24) is 10.3 Å². The molecule has 1 N–H and O–H groups in total. The van der Waals surface area contributed by atoms with Gasteiger partial charge >= 0.3 is 0 Å². The highest BCUT2D eigenvalue weighted by Gasteiger charge is 2.26. The molecular formula is C16H26ClN3. The molecule has 0 saturated carbocycles. The smallest absolute Gasteiger partial charge is 0.128 e. The summed E-state index contributed by atoms with van der Waals surface area (Å²) in [4.78, 5) is 6.88. The number of hydrogen-bond donors (Lipinski definition) is 1. The lowest BCUT2D eigenvalue weighted by Gasteiger charge is -2.37. The van der Waals surface area contributed by atoms with E-state index in [0.717, 1.165) is 49.0 Å². The van der Waals surface area contributed by atoms with Gasteiger partial charge in [0.25, 0.3) is 0 Å². The second-order valence-electron chi connectivity index (χ2n) is 6.46. The Hall–Kier alpha value is -0.800. The largest absolute Gasteiger partial charge is 0.357 e. The average molecular weight is 296 g/mol. The Morgan fingerprint density at radius 2 is 2.05 bits per heavy atom. The third kappa shape index (κ3) is 4.10. The summed E-state index contributed by atoms with van der Waals surface area (Å²) in [6.45, 7) is 10.9. The third-order valence-corrected chi connectivity index (χ3v) is 4.44. The summed E-state index contributed by atoms with van der Waals surface area (Å²) in [7, 11) is 0. The molecule has 0 amide bonds. The molecule has 1 saturated heterocycles. The zero-order chi connectivity index (χ0) is 14.6. The molecule has 20 heavy (non-hydrogen) atoms. The van der Waals surface area contributed by atoms with Gasteiger partial charge in [-0.05, 0) is 42.9 Å². The number of pyridine rings is 1. The standard InChI is InChI=1S/C16H26ClN3/c1-4-7-18-11-13-10-15(19-12-14(13)17)20-8-5-16(2,3)6-9-20/h10,12,18H,4-9,11H2,1-3H3. The van der Waals surface area contributed by atoms with Crippen LogP contribution in [-0.2, 0) is 6.54 Å². The Morgan fingerprint density at radius 1 is 1.35 bits per heavy atom. The zero-order valence-corrected chi connectivity index (χ0v) is 13.6. The second-order valence-corrected chi connectivity index (χ2v) is 6.87. The minimum atomic E-state index is 0.467. The van der Waals surface area contributed by atoms with Crippen LogP contribution in [0.1, 0.15) is 45.6 Å². The number of rotatable bonds is 5. The molecule has 2 rings (SSSR count). The van der Waals surface area contributed by atoms with Gasteiger partial charge in [-0.3, -0.25) is 0 Å². The minimum Gasteiger partial charge on any atom is -0.357 e. The molecule has 0 unspecified atom stereocenters. The van der Waals surface area contributed by atoms with E-state index in [1.165, 1.54) is 12.8 Å². The molecule has 0 aromatic carbocycles. The quantitative estimate of drug-likeness (QED) is 0.836. The fourth-order valence-electron chi connectivity index (χ4n) is 2.52. The topological polar surface area (TPSA) is 28.2 Å². The highest BCUT2D eigenvalue weighted by Crippen LogP contribution is 2.32. The summed E-state index contributed by atoms with van der Waals surface area (Å²) in [6.07, 6.45) is 5.37. The summed E-state index contributed by atoms with van der Waals surface area (Å²) in [5.41, 5.74) is 1.61. The van der Waals surface area contributed by atoms with Gasteiger partial charge in [0.1, 0.15) is 5.82 Å². The van der Waals surface area contributed by atoms with E-state index < -0.39 is 0 Å². The van der Waals surface area contributed by atoms with Gasteiger partial charge < -0.3 is 10.2 Å². The van der Waals surface area contributed by atoms with Gasteiger partial charge in [0.2, 0.25) is 0 Å². The third-order valence-electron chi connectivity index (χ3n) is 4.10. The van der Waals surface area contributed by atoms with Gasteiger partial charge in [0.05, 0.1) is 5.02 Å². The minimum absolute atomic E-state index is 0.467. The lowest BCUT2D eigenvalue weighted by atomic mass is 9.83. The normalized spacial score (nSPS) is 18.3. The van der Waals surface area contributed by atoms with Crippen molar-refractivity contribution in [2.75, 3.05) is 24.5 Å². The Bertz CT molecular complexity index is 435. The molecule has 0 atom stereocenters. The molecule has 0 spiro atoms.